The van der Waals surface area contributed by atoms with E-state index >= 15 is 0 Å². The first-order chi connectivity index (χ1) is 15.9. The van der Waals surface area contributed by atoms with Crippen molar-refractivity contribution in [3.05, 3.63) is 88.4 Å². The van der Waals surface area contributed by atoms with Gasteiger partial charge in [-0.1, -0.05) is 35.4 Å². The molecular weight excluding hydrogens is 412 g/mol. The quantitative estimate of drug-likeness (QED) is 0.327. The van der Waals surface area contributed by atoms with Crippen molar-refractivity contribution in [2.75, 3.05) is 0 Å². The molecule has 6 heteroatoms. The minimum atomic E-state index is 0.275. The Morgan fingerprint density at radius 1 is 0.848 bits per heavy atom. The highest BCUT2D eigenvalue weighted by atomic mass is 16.5. The van der Waals surface area contributed by atoms with E-state index in [2.05, 4.69) is 50.0 Å². The molecule has 166 valence electrons. The maximum atomic E-state index is 6.07. The predicted molar refractivity (Wildman–Crippen MR) is 129 cm³/mol. The third kappa shape index (κ3) is 4.00. The fraction of sp³-hybridized carbons (Fsp3) is 0.222. The normalized spacial score (nSPS) is 11.3. The van der Waals surface area contributed by atoms with Gasteiger partial charge < -0.3 is 9.15 Å². The molecule has 0 bridgehead atoms. The zero-order chi connectivity index (χ0) is 23.1. The van der Waals surface area contributed by atoms with E-state index in [4.69, 9.17) is 19.2 Å². The van der Waals surface area contributed by atoms with Gasteiger partial charge in [0.1, 0.15) is 18.1 Å². The number of pyridine rings is 1. The number of benzene rings is 2. The Bertz CT molecular complexity index is 1440. The van der Waals surface area contributed by atoms with Crippen molar-refractivity contribution in [1.29, 1.82) is 0 Å². The molecule has 0 radical (unpaired) electrons. The summed E-state index contributed by atoms with van der Waals surface area (Å²) in [5, 5.41) is 5.78. The van der Waals surface area contributed by atoms with Crippen LogP contribution in [0.25, 0.3) is 28.2 Å². The third-order valence-corrected chi connectivity index (χ3v) is 5.81. The largest absolute Gasteiger partial charge is 0.471 e. The number of hydrogen-bond acceptors (Lipinski definition) is 5. The molecule has 0 fully saturated rings. The van der Waals surface area contributed by atoms with E-state index in [1.165, 1.54) is 11.1 Å². The van der Waals surface area contributed by atoms with Crippen molar-refractivity contribution < 1.29 is 9.15 Å². The van der Waals surface area contributed by atoms with Crippen LogP contribution in [0.15, 0.2) is 59.0 Å². The number of ether oxygens (including phenoxy) is 1. The first-order valence-electron chi connectivity index (χ1n) is 11.0. The van der Waals surface area contributed by atoms with Crippen molar-refractivity contribution in [3.63, 3.8) is 0 Å². The van der Waals surface area contributed by atoms with Crippen LogP contribution in [0.3, 0.4) is 0 Å². The summed E-state index contributed by atoms with van der Waals surface area (Å²) in [6.07, 6.45) is 0. The second-order valence-corrected chi connectivity index (χ2v) is 8.49. The Balaban J connectivity index is 1.45. The molecule has 0 aliphatic rings. The highest BCUT2D eigenvalue weighted by Crippen LogP contribution is 2.28. The minimum absolute atomic E-state index is 0.275. The van der Waals surface area contributed by atoms with Crippen molar-refractivity contribution in [3.8, 4) is 23.0 Å². The fourth-order valence-corrected chi connectivity index (χ4v) is 3.94. The molecule has 0 saturated carbocycles. The molecule has 0 unspecified atom stereocenters. The maximum Gasteiger partial charge on any atom is 0.226 e. The van der Waals surface area contributed by atoms with Crippen LogP contribution >= 0.6 is 0 Å². The lowest BCUT2D eigenvalue weighted by Crippen LogP contribution is -2.02. The lowest BCUT2D eigenvalue weighted by molar-refractivity contribution is 0.288. The maximum absolute atomic E-state index is 6.07. The molecule has 0 spiro atoms. The summed E-state index contributed by atoms with van der Waals surface area (Å²) in [5.74, 6) is 1.87. The molecule has 5 aromatic rings. The van der Waals surface area contributed by atoms with Gasteiger partial charge in [0.2, 0.25) is 11.8 Å². The van der Waals surface area contributed by atoms with Gasteiger partial charge in [0.25, 0.3) is 0 Å². The van der Waals surface area contributed by atoms with E-state index < -0.39 is 0 Å². The average molecular weight is 439 g/mol. The second-order valence-electron chi connectivity index (χ2n) is 8.49. The highest BCUT2D eigenvalue weighted by Gasteiger charge is 2.16. The summed E-state index contributed by atoms with van der Waals surface area (Å²) in [4.78, 5) is 9.44. The predicted octanol–water partition coefficient (Wildman–Crippen LogP) is 6.20. The van der Waals surface area contributed by atoms with Gasteiger partial charge in [-0.15, -0.1) is 0 Å². The van der Waals surface area contributed by atoms with Gasteiger partial charge in [0, 0.05) is 17.0 Å². The summed E-state index contributed by atoms with van der Waals surface area (Å²) < 4.78 is 13.8. The van der Waals surface area contributed by atoms with Gasteiger partial charge in [-0.25, -0.2) is 9.67 Å². The van der Waals surface area contributed by atoms with Gasteiger partial charge in [-0.3, -0.25) is 0 Å². The Morgan fingerprint density at radius 3 is 2.21 bits per heavy atom. The number of rotatable bonds is 5. The van der Waals surface area contributed by atoms with Crippen LogP contribution < -0.4 is 4.74 Å². The first kappa shape index (κ1) is 20.9. The summed E-state index contributed by atoms with van der Waals surface area (Å²) in [6.45, 7) is 10.4. The van der Waals surface area contributed by atoms with Gasteiger partial charge in [-0.2, -0.15) is 10.1 Å². The number of fused-ring (bicyclic) bond motifs is 1. The average Bonchev–Trinajstić information content (AvgIpc) is 3.33. The van der Waals surface area contributed by atoms with Gasteiger partial charge >= 0.3 is 0 Å². The van der Waals surface area contributed by atoms with E-state index in [1.54, 1.807) is 0 Å². The van der Waals surface area contributed by atoms with Crippen molar-refractivity contribution >= 4 is 11.0 Å². The summed E-state index contributed by atoms with van der Waals surface area (Å²) in [6, 6.07) is 18.3. The second kappa shape index (κ2) is 8.20. The first-order valence-corrected chi connectivity index (χ1v) is 11.0. The lowest BCUT2D eigenvalue weighted by atomic mass is 10.1. The van der Waals surface area contributed by atoms with Crippen molar-refractivity contribution in [2.24, 2.45) is 0 Å². The Hall–Kier alpha value is -3.93. The smallest absolute Gasteiger partial charge is 0.226 e. The number of nitrogens with zero attached hydrogens (tertiary/aromatic N) is 4. The van der Waals surface area contributed by atoms with Crippen LogP contribution in [0.5, 0.6) is 5.88 Å². The van der Waals surface area contributed by atoms with Crippen LogP contribution in [0.1, 0.15) is 33.8 Å². The molecule has 0 N–H and O–H groups in total. The van der Waals surface area contributed by atoms with E-state index in [0.717, 1.165) is 45.0 Å². The van der Waals surface area contributed by atoms with Crippen LogP contribution in [0, 0.1) is 34.6 Å². The van der Waals surface area contributed by atoms with Crippen LogP contribution in [0.4, 0.5) is 0 Å². The van der Waals surface area contributed by atoms with E-state index in [-0.39, 0.29) is 6.61 Å². The van der Waals surface area contributed by atoms with Crippen LogP contribution in [-0.4, -0.2) is 19.7 Å². The topological polar surface area (TPSA) is 66.0 Å². The van der Waals surface area contributed by atoms with E-state index in [9.17, 15) is 0 Å². The number of hydrogen-bond donors (Lipinski definition) is 0. The van der Waals surface area contributed by atoms with Gasteiger partial charge in [-0.05, 0) is 64.4 Å². The summed E-state index contributed by atoms with van der Waals surface area (Å²) in [5.41, 5.74) is 7.87. The zero-order valence-corrected chi connectivity index (χ0v) is 19.5. The molecule has 3 heterocycles. The van der Waals surface area contributed by atoms with E-state index in [1.807, 2.05) is 48.9 Å². The van der Waals surface area contributed by atoms with Crippen molar-refractivity contribution in [2.45, 2.75) is 41.2 Å². The van der Waals surface area contributed by atoms with Crippen LogP contribution in [-0.2, 0) is 6.61 Å². The third-order valence-electron chi connectivity index (χ3n) is 5.81. The molecule has 0 aliphatic heterocycles. The van der Waals surface area contributed by atoms with E-state index in [0.29, 0.717) is 11.8 Å². The molecule has 5 rings (SSSR count). The summed E-state index contributed by atoms with van der Waals surface area (Å²) >= 11 is 0. The molecule has 0 saturated heterocycles. The van der Waals surface area contributed by atoms with Gasteiger partial charge in [0.05, 0.1) is 11.4 Å². The number of aromatic nitrogens is 4. The lowest BCUT2D eigenvalue weighted by Gasteiger charge is -2.08. The SMILES string of the molecule is Cc1ccc(-c2nc(COc3cc(C)c4c(C)nn(-c5ccc(C)cc5)c4n3)c(C)o2)cc1. The fourth-order valence-electron chi connectivity index (χ4n) is 3.94. The molecule has 6 nitrogen and oxygen atoms in total. The monoisotopic (exact) mass is 438 g/mol. The van der Waals surface area contributed by atoms with Crippen molar-refractivity contribution in [1.82, 2.24) is 19.7 Å². The minimum Gasteiger partial charge on any atom is -0.471 e. The Labute approximate surface area is 192 Å². The molecule has 3 aromatic heterocycles. The van der Waals surface area contributed by atoms with Crippen LogP contribution in [0.2, 0.25) is 0 Å². The molecule has 0 atom stereocenters. The molecule has 0 aliphatic carbocycles. The summed E-state index contributed by atoms with van der Waals surface area (Å²) in [7, 11) is 0. The molecule has 33 heavy (non-hydrogen) atoms. The zero-order valence-electron chi connectivity index (χ0n) is 19.5. The molecule has 2 aromatic carbocycles. The van der Waals surface area contributed by atoms with Gasteiger partial charge in [0.15, 0.2) is 5.65 Å². The molecule has 0 amide bonds. The number of oxazole rings is 1. The Morgan fingerprint density at radius 2 is 1.52 bits per heavy atom. The molecular formula is C27H26N4O2. The highest BCUT2D eigenvalue weighted by molar-refractivity contribution is 5.84. The Kier molecular flexibility index (Phi) is 5.21. The number of aryl methyl sites for hydroxylation is 5. The standard InChI is InChI=1S/C27H26N4O2/c1-16-6-10-21(11-7-16)27-28-23(20(5)33-27)15-32-24-14-18(3)25-19(4)30-31(26(25)29-24)22-12-8-17(2)9-13-22/h6-14H,15H2,1-5H3.